The molecule has 0 unspecified atom stereocenters. The summed E-state index contributed by atoms with van der Waals surface area (Å²) in [7, 11) is 1.62. The van der Waals surface area contributed by atoms with Gasteiger partial charge in [0.2, 0.25) is 6.79 Å². The highest BCUT2D eigenvalue weighted by Crippen LogP contribution is 2.35. The fraction of sp³-hybridized carbons (Fsp3) is 0.188. The Morgan fingerprint density at radius 1 is 1.23 bits per heavy atom. The van der Waals surface area contributed by atoms with E-state index < -0.39 is 5.82 Å². The molecule has 0 aromatic heterocycles. The number of para-hydroxylation sites is 1. The van der Waals surface area contributed by atoms with Gasteiger partial charge in [0.05, 0.1) is 0 Å². The van der Waals surface area contributed by atoms with Crippen LogP contribution >= 0.6 is 0 Å². The molecule has 1 amide bonds. The van der Waals surface area contributed by atoms with Crippen LogP contribution in [-0.2, 0) is 4.79 Å². The number of hydrogen-bond donors (Lipinski definition) is 0. The number of hydrogen-bond acceptors (Lipinski definition) is 4. The van der Waals surface area contributed by atoms with Crippen molar-refractivity contribution in [2.24, 2.45) is 0 Å². The first-order valence-corrected chi connectivity index (χ1v) is 6.68. The number of carbonyl (C=O) groups excluding carboxylic acids is 1. The lowest BCUT2D eigenvalue weighted by atomic mass is 10.2. The summed E-state index contributed by atoms with van der Waals surface area (Å²) in [6.07, 6.45) is 0. The van der Waals surface area contributed by atoms with E-state index in [2.05, 4.69) is 0 Å². The third-order valence-electron chi connectivity index (χ3n) is 3.31. The van der Waals surface area contributed by atoms with Gasteiger partial charge in [-0.3, -0.25) is 4.79 Å². The van der Waals surface area contributed by atoms with E-state index in [0.717, 1.165) is 0 Å². The monoisotopic (exact) mass is 303 g/mol. The normalized spacial score (nSPS) is 12.1. The molecule has 1 aliphatic heterocycles. The molecule has 2 aromatic carbocycles. The molecule has 1 heterocycles. The van der Waals surface area contributed by atoms with E-state index in [0.29, 0.717) is 17.2 Å². The number of halogens is 1. The Bertz CT molecular complexity index is 704. The summed E-state index contributed by atoms with van der Waals surface area (Å²) >= 11 is 0. The topological polar surface area (TPSA) is 48.0 Å². The molecule has 114 valence electrons. The zero-order valence-electron chi connectivity index (χ0n) is 11.9. The molecule has 5 nitrogen and oxygen atoms in total. The first-order chi connectivity index (χ1) is 10.6. The van der Waals surface area contributed by atoms with Gasteiger partial charge in [0.15, 0.2) is 29.7 Å². The molecular formula is C16H14FNO4. The number of likely N-dealkylation sites (N-methyl/N-ethyl adjacent to an activating group) is 1. The number of ether oxygens (including phenoxy) is 3. The van der Waals surface area contributed by atoms with Gasteiger partial charge in [-0.15, -0.1) is 0 Å². The van der Waals surface area contributed by atoms with Gasteiger partial charge in [-0.05, 0) is 24.3 Å². The van der Waals surface area contributed by atoms with E-state index in [1.54, 1.807) is 37.4 Å². The average molecular weight is 303 g/mol. The Morgan fingerprint density at radius 2 is 2.00 bits per heavy atom. The Labute approximate surface area is 126 Å². The summed E-state index contributed by atoms with van der Waals surface area (Å²) in [4.78, 5) is 13.6. The Balaban J connectivity index is 1.66. The highest BCUT2D eigenvalue weighted by molar-refractivity contribution is 5.94. The lowest BCUT2D eigenvalue weighted by molar-refractivity contribution is -0.120. The summed E-state index contributed by atoms with van der Waals surface area (Å²) in [6.45, 7) is -0.0846. The second-order valence-electron chi connectivity index (χ2n) is 4.71. The minimum atomic E-state index is -0.499. The van der Waals surface area contributed by atoms with Crippen molar-refractivity contribution in [2.75, 3.05) is 25.3 Å². The van der Waals surface area contributed by atoms with Crippen LogP contribution in [0.25, 0.3) is 0 Å². The third-order valence-corrected chi connectivity index (χ3v) is 3.31. The smallest absolute Gasteiger partial charge is 0.264 e. The molecule has 0 bridgehead atoms. The van der Waals surface area contributed by atoms with Crippen LogP contribution in [0.15, 0.2) is 42.5 Å². The van der Waals surface area contributed by atoms with E-state index in [4.69, 9.17) is 14.2 Å². The van der Waals surface area contributed by atoms with Crippen LogP contribution in [-0.4, -0.2) is 26.4 Å². The van der Waals surface area contributed by atoms with Crippen molar-refractivity contribution in [1.82, 2.24) is 0 Å². The molecule has 2 aromatic rings. The van der Waals surface area contributed by atoms with Gasteiger partial charge in [-0.25, -0.2) is 4.39 Å². The van der Waals surface area contributed by atoms with E-state index in [1.165, 1.54) is 17.0 Å². The fourth-order valence-corrected chi connectivity index (χ4v) is 2.04. The molecule has 0 fully saturated rings. The molecule has 0 saturated carbocycles. The second-order valence-corrected chi connectivity index (χ2v) is 4.71. The molecule has 0 N–H and O–H groups in total. The lowest BCUT2D eigenvalue weighted by Gasteiger charge is -2.18. The van der Waals surface area contributed by atoms with Gasteiger partial charge in [-0.2, -0.15) is 0 Å². The van der Waals surface area contributed by atoms with E-state index in [9.17, 15) is 9.18 Å². The molecule has 0 atom stereocenters. The van der Waals surface area contributed by atoms with Crippen molar-refractivity contribution >= 4 is 11.6 Å². The molecular weight excluding hydrogens is 289 g/mol. The maximum absolute atomic E-state index is 13.4. The Hall–Kier alpha value is -2.76. The van der Waals surface area contributed by atoms with Gasteiger partial charge in [-0.1, -0.05) is 12.1 Å². The lowest BCUT2D eigenvalue weighted by Crippen LogP contribution is -2.31. The fourth-order valence-electron chi connectivity index (χ4n) is 2.04. The third kappa shape index (κ3) is 2.81. The molecule has 0 radical (unpaired) electrons. The average Bonchev–Trinajstić information content (AvgIpc) is 3.00. The Morgan fingerprint density at radius 3 is 2.82 bits per heavy atom. The second kappa shape index (κ2) is 5.93. The van der Waals surface area contributed by atoms with Crippen molar-refractivity contribution < 1.29 is 23.4 Å². The van der Waals surface area contributed by atoms with Crippen LogP contribution in [0.2, 0.25) is 0 Å². The molecule has 0 spiro atoms. The van der Waals surface area contributed by atoms with Crippen LogP contribution in [0, 0.1) is 5.82 Å². The van der Waals surface area contributed by atoms with Crippen molar-refractivity contribution in [1.29, 1.82) is 0 Å². The predicted molar refractivity (Wildman–Crippen MR) is 77.9 cm³/mol. The van der Waals surface area contributed by atoms with Gasteiger partial charge >= 0.3 is 0 Å². The zero-order valence-corrected chi connectivity index (χ0v) is 11.9. The van der Waals surface area contributed by atoms with Gasteiger partial charge in [0.1, 0.15) is 0 Å². The number of anilines is 1. The summed E-state index contributed by atoms with van der Waals surface area (Å²) < 4.78 is 29.1. The van der Waals surface area contributed by atoms with Crippen molar-refractivity contribution in [3.8, 4) is 17.2 Å². The molecule has 0 aliphatic carbocycles. The SMILES string of the molecule is CN(C(=O)COc1ccccc1F)c1ccc2c(c1)OCO2. The van der Waals surface area contributed by atoms with Crippen molar-refractivity contribution in [3.63, 3.8) is 0 Å². The predicted octanol–water partition coefficient (Wildman–Crippen LogP) is 2.60. The summed E-state index contributed by atoms with van der Waals surface area (Å²) in [5, 5.41) is 0. The van der Waals surface area contributed by atoms with Crippen LogP contribution in [0.5, 0.6) is 17.2 Å². The summed E-state index contributed by atoms with van der Waals surface area (Å²) in [5.41, 5.74) is 0.645. The molecule has 6 heteroatoms. The number of rotatable bonds is 4. The molecule has 1 aliphatic rings. The number of nitrogens with zero attached hydrogens (tertiary/aromatic N) is 1. The van der Waals surface area contributed by atoms with E-state index in [-0.39, 0.29) is 25.1 Å². The van der Waals surface area contributed by atoms with Crippen LogP contribution in [0.4, 0.5) is 10.1 Å². The highest BCUT2D eigenvalue weighted by Gasteiger charge is 2.18. The summed E-state index contributed by atoms with van der Waals surface area (Å²) in [5.74, 6) is 0.484. The van der Waals surface area contributed by atoms with Crippen molar-refractivity contribution in [2.45, 2.75) is 0 Å². The molecule has 3 rings (SSSR count). The largest absolute Gasteiger partial charge is 0.481 e. The molecule has 22 heavy (non-hydrogen) atoms. The maximum Gasteiger partial charge on any atom is 0.264 e. The van der Waals surface area contributed by atoms with Crippen LogP contribution < -0.4 is 19.1 Å². The van der Waals surface area contributed by atoms with Crippen LogP contribution in [0.1, 0.15) is 0 Å². The number of fused-ring (bicyclic) bond motifs is 1. The van der Waals surface area contributed by atoms with Crippen LogP contribution in [0.3, 0.4) is 0 Å². The minimum Gasteiger partial charge on any atom is -0.481 e. The van der Waals surface area contributed by atoms with Crippen molar-refractivity contribution in [3.05, 3.63) is 48.3 Å². The van der Waals surface area contributed by atoms with Gasteiger partial charge in [0.25, 0.3) is 5.91 Å². The quantitative estimate of drug-likeness (QED) is 0.871. The van der Waals surface area contributed by atoms with E-state index in [1.807, 2.05) is 0 Å². The Kier molecular flexibility index (Phi) is 3.82. The number of amides is 1. The molecule has 0 saturated heterocycles. The van der Waals surface area contributed by atoms with E-state index >= 15 is 0 Å². The maximum atomic E-state index is 13.4. The zero-order chi connectivity index (χ0) is 15.5. The van der Waals surface area contributed by atoms with Gasteiger partial charge in [0, 0.05) is 18.8 Å². The first kappa shape index (κ1) is 14.2. The first-order valence-electron chi connectivity index (χ1n) is 6.68. The minimum absolute atomic E-state index is 0.0509. The highest BCUT2D eigenvalue weighted by atomic mass is 19.1. The van der Waals surface area contributed by atoms with Gasteiger partial charge < -0.3 is 19.1 Å². The summed E-state index contributed by atoms with van der Waals surface area (Å²) in [6, 6.07) is 11.1. The number of benzene rings is 2. The number of carbonyl (C=O) groups is 1. The standard InChI is InChI=1S/C16H14FNO4/c1-18(11-6-7-14-15(8-11)22-10-21-14)16(19)9-20-13-5-3-2-4-12(13)17/h2-8H,9-10H2,1H3.